The summed E-state index contributed by atoms with van der Waals surface area (Å²) < 4.78 is 2.36. The molecule has 19 heavy (non-hydrogen) atoms. The maximum Gasteiger partial charge on any atom is 0.0602 e. The first-order chi connectivity index (χ1) is 9.11. The Labute approximate surface area is 136 Å². The average Bonchev–Trinajstić information content (AvgIpc) is 2.40. The van der Waals surface area contributed by atoms with Crippen LogP contribution >= 0.6 is 38.5 Å². The van der Waals surface area contributed by atoms with E-state index in [0.717, 1.165) is 16.7 Å². The van der Waals surface area contributed by atoms with E-state index in [2.05, 4.69) is 86.1 Å². The van der Waals surface area contributed by atoms with Crippen molar-refractivity contribution in [3.8, 4) is 0 Å². The largest absolute Gasteiger partial charge is 0.306 e. The van der Waals surface area contributed by atoms with Gasteiger partial charge in [0.15, 0.2) is 0 Å². The number of benzene rings is 1. The lowest BCUT2D eigenvalue weighted by atomic mass is 10.00. The molecule has 1 aromatic heterocycles. The van der Waals surface area contributed by atoms with Crippen LogP contribution < -0.4 is 5.32 Å². The monoisotopic (exact) mass is 430 g/mol. The molecule has 0 radical (unpaired) electrons. The van der Waals surface area contributed by atoms with Crippen LogP contribution in [-0.4, -0.2) is 11.5 Å². The number of pyridine rings is 1. The van der Waals surface area contributed by atoms with Crippen molar-refractivity contribution in [2.24, 2.45) is 0 Å². The number of hydrogen-bond donors (Lipinski definition) is 1. The molecule has 1 N–H and O–H groups in total. The van der Waals surface area contributed by atoms with E-state index >= 15 is 0 Å². The standard InChI is InChI=1S/C15H16BrIN2/c1-3-18-15(11-5-4-10(2)19-9-11)13-8-12(16)6-7-14(13)17/h4-9,15,18H,3H2,1-2H3. The highest BCUT2D eigenvalue weighted by molar-refractivity contribution is 14.1. The number of hydrogen-bond acceptors (Lipinski definition) is 2. The Bertz CT molecular complexity index is 555. The Balaban J connectivity index is 2.44. The van der Waals surface area contributed by atoms with Crippen molar-refractivity contribution in [2.45, 2.75) is 19.9 Å². The van der Waals surface area contributed by atoms with Gasteiger partial charge < -0.3 is 5.32 Å². The van der Waals surface area contributed by atoms with Crippen molar-refractivity contribution in [1.29, 1.82) is 0 Å². The Hall–Kier alpha value is -0.460. The lowest BCUT2D eigenvalue weighted by molar-refractivity contribution is 0.625. The molecular weight excluding hydrogens is 415 g/mol. The summed E-state index contributed by atoms with van der Waals surface area (Å²) in [5.74, 6) is 0. The Morgan fingerprint density at radius 3 is 2.74 bits per heavy atom. The molecule has 0 spiro atoms. The lowest BCUT2D eigenvalue weighted by Gasteiger charge is -2.20. The van der Waals surface area contributed by atoms with Gasteiger partial charge in [-0.15, -0.1) is 0 Å². The zero-order valence-electron chi connectivity index (χ0n) is 11.0. The number of aromatic nitrogens is 1. The zero-order chi connectivity index (χ0) is 13.8. The van der Waals surface area contributed by atoms with E-state index in [9.17, 15) is 0 Å². The van der Waals surface area contributed by atoms with E-state index < -0.39 is 0 Å². The van der Waals surface area contributed by atoms with Crippen LogP contribution in [0.15, 0.2) is 41.0 Å². The summed E-state index contributed by atoms with van der Waals surface area (Å²) in [6.07, 6.45) is 1.96. The van der Waals surface area contributed by atoms with Crippen LogP contribution in [0.5, 0.6) is 0 Å². The first kappa shape index (κ1) is 14.9. The summed E-state index contributed by atoms with van der Waals surface area (Å²) in [5, 5.41) is 3.54. The van der Waals surface area contributed by atoms with Crippen LogP contribution in [0.2, 0.25) is 0 Å². The Morgan fingerprint density at radius 2 is 2.11 bits per heavy atom. The van der Waals surface area contributed by atoms with Gasteiger partial charge in [0.05, 0.1) is 6.04 Å². The summed E-state index contributed by atoms with van der Waals surface area (Å²) >= 11 is 5.94. The van der Waals surface area contributed by atoms with Crippen molar-refractivity contribution < 1.29 is 0 Å². The molecule has 0 aliphatic carbocycles. The molecule has 0 bridgehead atoms. The summed E-state index contributed by atoms with van der Waals surface area (Å²) in [4.78, 5) is 4.41. The lowest BCUT2D eigenvalue weighted by Crippen LogP contribution is -2.23. The van der Waals surface area contributed by atoms with Gasteiger partial charge >= 0.3 is 0 Å². The molecular formula is C15H16BrIN2. The maximum absolute atomic E-state index is 4.41. The summed E-state index contributed by atoms with van der Waals surface area (Å²) in [6.45, 7) is 5.05. The third-order valence-corrected chi connectivity index (χ3v) is 4.42. The Kier molecular flexibility index (Phi) is 5.36. The van der Waals surface area contributed by atoms with Crippen molar-refractivity contribution in [1.82, 2.24) is 10.3 Å². The molecule has 0 saturated heterocycles. The molecule has 1 aromatic carbocycles. The third-order valence-electron chi connectivity index (χ3n) is 2.94. The first-order valence-corrected chi connectivity index (χ1v) is 8.10. The van der Waals surface area contributed by atoms with E-state index in [1.807, 2.05) is 13.1 Å². The normalized spacial score (nSPS) is 12.4. The number of nitrogens with zero attached hydrogens (tertiary/aromatic N) is 1. The second-order valence-corrected chi connectivity index (χ2v) is 6.47. The van der Waals surface area contributed by atoms with Gasteiger partial charge in [0.1, 0.15) is 0 Å². The molecule has 0 fully saturated rings. The minimum Gasteiger partial charge on any atom is -0.306 e. The van der Waals surface area contributed by atoms with E-state index in [1.165, 1.54) is 14.7 Å². The van der Waals surface area contributed by atoms with Crippen LogP contribution in [0, 0.1) is 10.5 Å². The van der Waals surface area contributed by atoms with Crippen LogP contribution in [0.3, 0.4) is 0 Å². The molecule has 1 unspecified atom stereocenters. The minimum absolute atomic E-state index is 0.183. The molecule has 0 saturated carbocycles. The number of nitrogens with one attached hydrogen (secondary N) is 1. The molecule has 0 amide bonds. The fourth-order valence-corrected chi connectivity index (χ4v) is 3.02. The molecule has 2 aromatic rings. The average molecular weight is 431 g/mol. The molecule has 1 atom stereocenters. The highest BCUT2D eigenvalue weighted by atomic mass is 127. The van der Waals surface area contributed by atoms with Gasteiger partial charge in [-0.25, -0.2) is 0 Å². The fraction of sp³-hybridized carbons (Fsp3) is 0.267. The predicted molar refractivity (Wildman–Crippen MR) is 91.4 cm³/mol. The molecule has 0 aliphatic heterocycles. The fourth-order valence-electron chi connectivity index (χ4n) is 2.00. The quantitative estimate of drug-likeness (QED) is 0.724. The van der Waals surface area contributed by atoms with Gasteiger partial charge in [-0.05, 0) is 71.5 Å². The van der Waals surface area contributed by atoms with Crippen molar-refractivity contribution in [3.63, 3.8) is 0 Å². The maximum atomic E-state index is 4.41. The van der Waals surface area contributed by atoms with E-state index in [0.29, 0.717) is 0 Å². The molecule has 2 nitrogen and oxygen atoms in total. The number of aryl methyl sites for hydroxylation is 1. The molecule has 1 heterocycles. The highest BCUT2D eigenvalue weighted by Gasteiger charge is 2.16. The second-order valence-electron chi connectivity index (χ2n) is 4.39. The van der Waals surface area contributed by atoms with Crippen LogP contribution in [0.4, 0.5) is 0 Å². The van der Waals surface area contributed by atoms with Crippen LogP contribution in [0.25, 0.3) is 0 Å². The number of halogens is 2. The summed E-state index contributed by atoms with van der Waals surface area (Å²) in [6, 6.07) is 10.8. The SMILES string of the molecule is CCNC(c1ccc(C)nc1)c1cc(Br)ccc1I. The predicted octanol–water partition coefficient (Wildman–Crippen LogP) is 4.46. The van der Waals surface area contributed by atoms with Crippen molar-refractivity contribution >= 4 is 38.5 Å². The van der Waals surface area contributed by atoms with E-state index in [-0.39, 0.29) is 6.04 Å². The van der Waals surface area contributed by atoms with Crippen molar-refractivity contribution in [3.05, 3.63) is 61.4 Å². The van der Waals surface area contributed by atoms with Crippen LogP contribution in [-0.2, 0) is 0 Å². The van der Waals surface area contributed by atoms with Gasteiger partial charge in [0.2, 0.25) is 0 Å². The van der Waals surface area contributed by atoms with Gasteiger partial charge in [-0.1, -0.05) is 28.9 Å². The topological polar surface area (TPSA) is 24.9 Å². The van der Waals surface area contributed by atoms with E-state index in [1.54, 1.807) is 0 Å². The zero-order valence-corrected chi connectivity index (χ0v) is 14.7. The van der Waals surface area contributed by atoms with Gasteiger partial charge in [0.25, 0.3) is 0 Å². The number of rotatable bonds is 4. The summed E-state index contributed by atoms with van der Waals surface area (Å²) in [5.41, 5.74) is 3.52. The van der Waals surface area contributed by atoms with E-state index in [4.69, 9.17) is 0 Å². The summed E-state index contributed by atoms with van der Waals surface area (Å²) in [7, 11) is 0. The molecule has 0 aliphatic rings. The smallest absolute Gasteiger partial charge is 0.0602 e. The highest BCUT2D eigenvalue weighted by Crippen LogP contribution is 2.28. The first-order valence-electron chi connectivity index (χ1n) is 6.22. The van der Waals surface area contributed by atoms with Crippen LogP contribution in [0.1, 0.15) is 29.8 Å². The van der Waals surface area contributed by atoms with Gasteiger partial charge in [-0.2, -0.15) is 0 Å². The van der Waals surface area contributed by atoms with Gasteiger partial charge in [0, 0.05) is 19.9 Å². The second kappa shape index (κ2) is 6.81. The Morgan fingerprint density at radius 1 is 1.32 bits per heavy atom. The third kappa shape index (κ3) is 3.77. The van der Waals surface area contributed by atoms with Crippen molar-refractivity contribution in [2.75, 3.05) is 6.54 Å². The van der Waals surface area contributed by atoms with Gasteiger partial charge in [-0.3, -0.25) is 4.98 Å². The molecule has 4 heteroatoms. The molecule has 2 rings (SSSR count). The molecule has 100 valence electrons. The minimum atomic E-state index is 0.183.